The van der Waals surface area contributed by atoms with E-state index in [0.717, 1.165) is 23.4 Å². The van der Waals surface area contributed by atoms with Gasteiger partial charge in [0.1, 0.15) is 12.0 Å². The lowest BCUT2D eigenvalue weighted by molar-refractivity contribution is -0.137. The number of benzene rings is 2. The second-order valence-electron chi connectivity index (χ2n) is 8.65. The minimum absolute atomic E-state index is 0.126. The summed E-state index contributed by atoms with van der Waals surface area (Å²) in [6, 6.07) is 18.2. The van der Waals surface area contributed by atoms with Crippen LogP contribution in [0.15, 0.2) is 83.6 Å². The first-order chi connectivity index (χ1) is 18.3. The van der Waals surface area contributed by atoms with Gasteiger partial charge in [-0.3, -0.25) is 14.7 Å². The Morgan fingerprint density at radius 1 is 1.00 bits per heavy atom. The summed E-state index contributed by atoms with van der Waals surface area (Å²) >= 11 is 0. The average Bonchev–Trinajstić information content (AvgIpc) is 3.37. The van der Waals surface area contributed by atoms with Gasteiger partial charge >= 0.3 is 6.18 Å². The molecule has 1 N–H and O–H groups in total. The van der Waals surface area contributed by atoms with Gasteiger partial charge in [0.05, 0.1) is 19.2 Å². The number of amides is 1. The standard InChI is InChI=1S/C28H27F3N4O3/c1-37-24-10-5-7-21(15-24)17-35(16-20-6-4-8-22(14-20)28(29,30)31)18-26-34-25(19-38-26)27(36)33-13-11-23-9-2-3-12-32-23/h2-10,12,14-15,19H,11,13,16-18H2,1H3,(H,33,36). The van der Waals surface area contributed by atoms with Crippen LogP contribution >= 0.6 is 0 Å². The second-order valence-corrected chi connectivity index (χ2v) is 8.65. The average molecular weight is 525 g/mol. The maximum absolute atomic E-state index is 13.3. The minimum Gasteiger partial charge on any atom is -0.497 e. The van der Waals surface area contributed by atoms with Crippen molar-refractivity contribution in [1.29, 1.82) is 0 Å². The molecule has 0 fully saturated rings. The zero-order valence-electron chi connectivity index (χ0n) is 20.7. The summed E-state index contributed by atoms with van der Waals surface area (Å²) in [5, 5.41) is 2.79. The monoisotopic (exact) mass is 524 g/mol. The molecule has 2 aromatic carbocycles. The lowest BCUT2D eigenvalue weighted by atomic mass is 10.1. The van der Waals surface area contributed by atoms with Crippen molar-refractivity contribution in [3.05, 3.63) is 113 Å². The third kappa shape index (κ3) is 7.66. The quantitative estimate of drug-likeness (QED) is 0.288. The predicted octanol–water partition coefficient (Wildman–Crippen LogP) is 5.27. The molecule has 0 saturated carbocycles. The Hall–Kier alpha value is -4.18. The SMILES string of the molecule is COc1cccc(CN(Cc2cccc(C(F)(F)F)c2)Cc2nc(C(=O)NCCc3ccccn3)co2)c1. The zero-order valence-corrected chi connectivity index (χ0v) is 20.7. The highest BCUT2D eigenvalue weighted by atomic mass is 19.4. The van der Waals surface area contributed by atoms with Crippen molar-refractivity contribution in [2.45, 2.75) is 32.2 Å². The Morgan fingerprint density at radius 3 is 2.47 bits per heavy atom. The number of nitrogens with zero attached hydrogens (tertiary/aromatic N) is 3. The topological polar surface area (TPSA) is 80.5 Å². The molecule has 0 bridgehead atoms. The van der Waals surface area contributed by atoms with Crippen molar-refractivity contribution >= 4 is 5.91 Å². The number of aromatic nitrogens is 2. The van der Waals surface area contributed by atoms with Gasteiger partial charge in [-0.05, 0) is 41.5 Å². The largest absolute Gasteiger partial charge is 0.497 e. The van der Waals surface area contributed by atoms with Crippen LogP contribution in [0.4, 0.5) is 13.2 Å². The number of methoxy groups -OCH3 is 1. The highest BCUT2D eigenvalue weighted by Gasteiger charge is 2.30. The predicted molar refractivity (Wildman–Crippen MR) is 134 cm³/mol. The Labute approximate surface area is 218 Å². The molecule has 0 aliphatic heterocycles. The fourth-order valence-electron chi connectivity index (χ4n) is 3.92. The molecule has 0 radical (unpaired) electrons. The molecule has 2 aromatic heterocycles. The number of pyridine rings is 1. The van der Waals surface area contributed by atoms with Crippen LogP contribution in [0.25, 0.3) is 0 Å². The van der Waals surface area contributed by atoms with Crippen molar-refractivity contribution < 1.29 is 27.1 Å². The van der Waals surface area contributed by atoms with Crippen LogP contribution in [-0.4, -0.2) is 34.4 Å². The zero-order chi connectivity index (χ0) is 27.0. The Balaban J connectivity index is 1.45. The van der Waals surface area contributed by atoms with E-state index in [1.807, 2.05) is 47.4 Å². The fourth-order valence-corrected chi connectivity index (χ4v) is 3.92. The lowest BCUT2D eigenvalue weighted by Gasteiger charge is -2.22. The van der Waals surface area contributed by atoms with Crippen molar-refractivity contribution in [2.24, 2.45) is 0 Å². The van der Waals surface area contributed by atoms with Gasteiger partial charge in [0.15, 0.2) is 5.69 Å². The van der Waals surface area contributed by atoms with Gasteiger partial charge in [-0.1, -0.05) is 36.4 Å². The number of hydrogen-bond donors (Lipinski definition) is 1. The number of oxazole rings is 1. The first kappa shape index (κ1) is 26.9. The number of alkyl halides is 3. The molecule has 0 unspecified atom stereocenters. The molecule has 0 spiro atoms. The normalized spacial score (nSPS) is 11.5. The molecule has 198 valence electrons. The summed E-state index contributed by atoms with van der Waals surface area (Å²) in [6.45, 7) is 1.15. The third-order valence-electron chi connectivity index (χ3n) is 5.74. The second kappa shape index (κ2) is 12.4. The van der Waals surface area contributed by atoms with E-state index >= 15 is 0 Å². The van der Waals surface area contributed by atoms with Gasteiger partial charge in [-0.2, -0.15) is 13.2 Å². The number of hydrogen-bond acceptors (Lipinski definition) is 6. The molecule has 38 heavy (non-hydrogen) atoms. The number of ether oxygens (including phenoxy) is 1. The number of nitrogens with one attached hydrogen (secondary N) is 1. The first-order valence-corrected chi connectivity index (χ1v) is 11.9. The van der Waals surface area contributed by atoms with Crippen LogP contribution < -0.4 is 10.1 Å². The Bertz CT molecular complexity index is 1340. The highest BCUT2D eigenvalue weighted by Crippen LogP contribution is 2.30. The first-order valence-electron chi connectivity index (χ1n) is 11.9. The molecule has 7 nitrogen and oxygen atoms in total. The van der Waals surface area contributed by atoms with E-state index in [1.165, 1.54) is 12.3 Å². The molecule has 4 rings (SSSR count). The van der Waals surface area contributed by atoms with E-state index in [0.29, 0.717) is 30.8 Å². The Morgan fingerprint density at radius 2 is 1.76 bits per heavy atom. The summed E-state index contributed by atoms with van der Waals surface area (Å²) in [7, 11) is 1.56. The van der Waals surface area contributed by atoms with Crippen LogP contribution in [0, 0.1) is 0 Å². The smallest absolute Gasteiger partial charge is 0.416 e. The molecular weight excluding hydrogens is 497 g/mol. The van der Waals surface area contributed by atoms with E-state index in [2.05, 4.69) is 15.3 Å². The Kier molecular flexibility index (Phi) is 8.75. The van der Waals surface area contributed by atoms with Crippen LogP contribution in [0.1, 0.15) is 38.8 Å². The van der Waals surface area contributed by atoms with Crippen LogP contribution in [0.3, 0.4) is 0 Å². The molecule has 4 aromatic rings. The van der Waals surface area contributed by atoms with E-state index < -0.39 is 11.7 Å². The van der Waals surface area contributed by atoms with Crippen molar-refractivity contribution in [1.82, 2.24) is 20.2 Å². The van der Waals surface area contributed by atoms with E-state index in [-0.39, 0.29) is 30.6 Å². The molecule has 0 saturated heterocycles. The summed E-state index contributed by atoms with van der Waals surface area (Å²) in [6.07, 6.45) is -0.894. The molecule has 0 atom stereocenters. The van der Waals surface area contributed by atoms with Crippen LogP contribution in [-0.2, 0) is 32.2 Å². The summed E-state index contributed by atoms with van der Waals surface area (Å²) in [5.41, 5.74) is 1.66. The van der Waals surface area contributed by atoms with Gasteiger partial charge < -0.3 is 14.5 Å². The molecular formula is C28H27F3N4O3. The van der Waals surface area contributed by atoms with Gasteiger partial charge in [0, 0.05) is 37.9 Å². The number of carbonyl (C=O) groups is 1. The molecule has 10 heteroatoms. The lowest BCUT2D eigenvalue weighted by Crippen LogP contribution is -2.26. The highest BCUT2D eigenvalue weighted by molar-refractivity contribution is 5.91. The summed E-state index contributed by atoms with van der Waals surface area (Å²) in [4.78, 5) is 22.9. The van der Waals surface area contributed by atoms with E-state index in [4.69, 9.17) is 9.15 Å². The summed E-state index contributed by atoms with van der Waals surface area (Å²) < 4.78 is 50.6. The van der Waals surface area contributed by atoms with Gasteiger partial charge in [-0.25, -0.2) is 4.98 Å². The van der Waals surface area contributed by atoms with Crippen molar-refractivity contribution in [3.8, 4) is 5.75 Å². The van der Waals surface area contributed by atoms with Crippen molar-refractivity contribution in [3.63, 3.8) is 0 Å². The van der Waals surface area contributed by atoms with Gasteiger partial charge in [-0.15, -0.1) is 0 Å². The van der Waals surface area contributed by atoms with Crippen LogP contribution in [0.5, 0.6) is 5.75 Å². The summed E-state index contributed by atoms with van der Waals surface area (Å²) in [5.74, 6) is 0.560. The fraction of sp³-hybridized carbons (Fsp3) is 0.250. The van der Waals surface area contributed by atoms with Gasteiger partial charge in [0.25, 0.3) is 5.91 Å². The maximum Gasteiger partial charge on any atom is 0.416 e. The minimum atomic E-state index is -4.44. The van der Waals surface area contributed by atoms with Crippen LogP contribution in [0.2, 0.25) is 0 Å². The molecule has 0 aliphatic carbocycles. The van der Waals surface area contributed by atoms with E-state index in [1.54, 1.807) is 19.4 Å². The molecule has 0 aliphatic rings. The molecule has 1 amide bonds. The van der Waals surface area contributed by atoms with Crippen molar-refractivity contribution in [2.75, 3.05) is 13.7 Å². The number of halogens is 3. The third-order valence-corrected chi connectivity index (χ3v) is 5.74. The van der Waals surface area contributed by atoms with E-state index in [9.17, 15) is 18.0 Å². The number of carbonyl (C=O) groups excluding carboxylic acids is 1. The van der Waals surface area contributed by atoms with Gasteiger partial charge in [0.2, 0.25) is 5.89 Å². The number of rotatable bonds is 11. The molecule has 2 heterocycles. The maximum atomic E-state index is 13.3.